The summed E-state index contributed by atoms with van der Waals surface area (Å²) < 4.78 is 0. The molecule has 1 saturated carbocycles. The van der Waals surface area contributed by atoms with Gasteiger partial charge in [-0.05, 0) is 55.7 Å². The maximum absolute atomic E-state index is 3.34. The molecule has 0 radical (unpaired) electrons. The maximum Gasteiger partial charge on any atom is 0.00440 e. The molecule has 1 unspecified atom stereocenters. The second-order valence-electron chi connectivity index (χ2n) is 6.53. The second-order valence-corrected chi connectivity index (χ2v) is 6.53. The number of benzene rings is 1. The third-order valence-electron chi connectivity index (χ3n) is 4.58. The predicted molar refractivity (Wildman–Crippen MR) is 79.2 cm³/mol. The number of rotatable bonds is 5. The van der Waals surface area contributed by atoms with Gasteiger partial charge in [0.2, 0.25) is 0 Å². The highest BCUT2D eigenvalue weighted by molar-refractivity contribution is 5.31. The SMILES string of the molecule is CNC(C)CC(C)(C)c1ccc(C2CCC2)cc1. The van der Waals surface area contributed by atoms with Crippen LogP contribution in [0.5, 0.6) is 0 Å². The lowest BCUT2D eigenvalue weighted by Crippen LogP contribution is -2.30. The predicted octanol–water partition coefficient (Wildman–Crippen LogP) is 4.23. The summed E-state index contributed by atoms with van der Waals surface area (Å²) in [6.07, 6.45) is 5.36. The average molecular weight is 245 g/mol. The molecule has 2 rings (SSSR count). The van der Waals surface area contributed by atoms with E-state index in [0.29, 0.717) is 6.04 Å². The van der Waals surface area contributed by atoms with Crippen LogP contribution in [0.3, 0.4) is 0 Å². The molecule has 18 heavy (non-hydrogen) atoms. The summed E-state index contributed by atoms with van der Waals surface area (Å²) in [5, 5.41) is 3.34. The molecule has 1 N–H and O–H groups in total. The first-order valence-corrected chi connectivity index (χ1v) is 7.30. The highest BCUT2D eigenvalue weighted by Gasteiger charge is 2.24. The minimum Gasteiger partial charge on any atom is -0.317 e. The van der Waals surface area contributed by atoms with Gasteiger partial charge in [-0.2, -0.15) is 0 Å². The van der Waals surface area contributed by atoms with Gasteiger partial charge in [0, 0.05) is 6.04 Å². The quantitative estimate of drug-likeness (QED) is 0.818. The fraction of sp³-hybridized carbons (Fsp3) is 0.647. The zero-order valence-electron chi connectivity index (χ0n) is 12.3. The molecule has 1 nitrogen and oxygen atoms in total. The summed E-state index contributed by atoms with van der Waals surface area (Å²) >= 11 is 0. The first-order chi connectivity index (χ1) is 8.53. The van der Waals surface area contributed by atoms with Gasteiger partial charge in [0.15, 0.2) is 0 Å². The largest absolute Gasteiger partial charge is 0.317 e. The Hall–Kier alpha value is -0.820. The average Bonchev–Trinajstić information content (AvgIpc) is 2.27. The van der Waals surface area contributed by atoms with Crippen LogP contribution in [0.25, 0.3) is 0 Å². The Balaban J connectivity index is 2.07. The van der Waals surface area contributed by atoms with Crippen LogP contribution in [0, 0.1) is 0 Å². The second kappa shape index (κ2) is 5.44. The van der Waals surface area contributed by atoms with E-state index in [1.807, 2.05) is 7.05 Å². The summed E-state index contributed by atoms with van der Waals surface area (Å²) in [6.45, 7) is 6.95. The number of hydrogen-bond donors (Lipinski definition) is 1. The molecule has 1 heteroatoms. The van der Waals surface area contributed by atoms with Gasteiger partial charge in [0.05, 0.1) is 0 Å². The Kier molecular flexibility index (Phi) is 4.11. The van der Waals surface area contributed by atoms with E-state index >= 15 is 0 Å². The van der Waals surface area contributed by atoms with Crippen LogP contribution in [0.1, 0.15) is 63.5 Å². The lowest BCUT2D eigenvalue weighted by Gasteiger charge is -2.30. The third-order valence-corrected chi connectivity index (χ3v) is 4.58. The Morgan fingerprint density at radius 2 is 1.83 bits per heavy atom. The summed E-state index contributed by atoms with van der Waals surface area (Å²) in [5.74, 6) is 0.846. The van der Waals surface area contributed by atoms with Gasteiger partial charge in [-0.25, -0.2) is 0 Å². The summed E-state index contributed by atoms with van der Waals surface area (Å²) in [6, 6.07) is 9.95. The standard InChI is InChI=1S/C17H27N/c1-13(18-4)12-17(2,3)16-10-8-15(9-11-16)14-6-5-7-14/h8-11,13-14,18H,5-7,12H2,1-4H3. The van der Waals surface area contributed by atoms with Gasteiger partial charge in [-0.15, -0.1) is 0 Å². The molecule has 1 aliphatic rings. The molecule has 0 aromatic heterocycles. The molecule has 0 spiro atoms. The van der Waals surface area contributed by atoms with E-state index in [-0.39, 0.29) is 5.41 Å². The topological polar surface area (TPSA) is 12.0 Å². The molecule has 100 valence electrons. The van der Waals surface area contributed by atoms with Crippen molar-refractivity contribution < 1.29 is 0 Å². The van der Waals surface area contributed by atoms with Gasteiger partial charge >= 0.3 is 0 Å². The summed E-state index contributed by atoms with van der Waals surface area (Å²) in [7, 11) is 2.04. The van der Waals surface area contributed by atoms with Crippen molar-refractivity contribution in [2.45, 2.75) is 63.8 Å². The Morgan fingerprint density at radius 3 is 2.28 bits per heavy atom. The fourth-order valence-corrected chi connectivity index (χ4v) is 2.93. The lowest BCUT2D eigenvalue weighted by atomic mass is 9.76. The molecule has 0 heterocycles. The van der Waals surface area contributed by atoms with Crippen molar-refractivity contribution in [1.82, 2.24) is 5.32 Å². The van der Waals surface area contributed by atoms with Gasteiger partial charge in [-0.3, -0.25) is 0 Å². The van der Waals surface area contributed by atoms with E-state index in [1.165, 1.54) is 31.2 Å². The summed E-state index contributed by atoms with van der Waals surface area (Å²) in [4.78, 5) is 0. The first kappa shape index (κ1) is 13.6. The van der Waals surface area contributed by atoms with Crippen LogP contribution in [0.4, 0.5) is 0 Å². The fourth-order valence-electron chi connectivity index (χ4n) is 2.93. The van der Waals surface area contributed by atoms with Crippen LogP contribution in [0.15, 0.2) is 24.3 Å². The van der Waals surface area contributed by atoms with E-state index < -0.39 is 0 Å². The van der Waals surface area contributed by atoms with Crippen LogP contribution in [-0.2, 0) is 5.41 Å². The van der Waals surface area contributed by atoms with E-state index in [0.717, 1.165) is 5.92 Å². The molecule has 0 amide bonds. The van der Waals surface area contributed by atoms with Gasteiger partial charge in [0.25, 0.3) is 0 Å². The Morgan fingerprint density at radius 1 is 1.22 bits per heavy atom. The molecule has 1 fully saturated rings. The Bertz CT molecular complexity index is 373. The van der Waals surface area contributed by atoms with E-state index in [9.17, 15) is 0 Å². The van der Waals surface area contributed by atoms with E-state index in [2.05, 4.69) is 50.4 Å². The molecule has 0 aliphatic heterocycles. The monoisotopic (exact) mass is 245 g/mol. The smallest absolute Gasteiger partial charge is 0.00440 e. The van der Waals surface area contributed by atoms with E-state index in [1.54, 1.807) is 5.56 Å². The van der Waals surface area contributed by atoms with Crippen molar-refractivity contribution in [1.29, 1.82) is 0 Å². The van der Waals surface area contributed by atoms with Crippen molar-refractivity contribution in [3.05, 3.63) is 35.4 Å². The maximum atomic E-state index is 3.34. The number of nitrogens with one attached hydrogen (secondary N) is 1. The van der Waals surface area contributed by atoms with Gasteiger partial charge in [0.1, 0.15) is 0 Å². The molecule has 0 saturated heterocycles. The normalized spacial score (nSPS) is 18.4. The minimum atomic E-state index is 0.251. The van der Waals surface area contributed by atoms with Crippen molar-refractivity contribution in [3.8, 4) is 0 Å². The van der Waals surface area contributed by atoms with Crippen LogP contribution >= 0.6 is 0 Å². The molecule has 1 atom stereocenters. The van der Waals surface area contributed by atoms with Gasteiger partial charge < -0.3 is 5.32 Å². The molecular formula is C17H27N. The molecule has 1 aromatic rings. The molecule has 1 aliphatic carbocycles. The molecule has 0 bridgehead atoms. The van der Waals surface area contributed by atoms with Crippen molar-refractivity contribution in [2.24, 2.45) is 0 Å². The zero-order chi connectivity index (χ0) is 13.2. The molecular weight excluding hydrogens is 218 g/mol. The van der Waals surface area contributed by atoms with Crippen molar-refractivity contribution in [3.63, 3.8) is 0 Å². The number of hydrogen-bond acceptors (Lipinski definition) is 1. The summed E-state index contributed by atoms with van der Waals surface area (Å²) in [5.41, 5.74) is 3.26. The van der Waals surface area contributed by atoms with Crippen molar-refractivity contribution in [2.75, 3.05) is 7.05 Å². The molecule has 1 aromatic carbocycles. The van der Waals surface area contributed by atoms with E-state index in [4.69, 9.17) is 0 Å². The lowest BCUT2D eigenvalue weighted by molar-refractivity contribution is 0.403. The van der Waals surface area contributed by atoms with Crippen LogP contribution < -0.4 is 5.32 Å². The minimum absolute atomic E-state index is 0.251. The van der Waals surface area contributed by atoms with Crippen molar-refractivity contribution >= 4 is 0 Å². The Labute approximate surface area is 112 Å². The van der Waals surface area contributed by atoms with Gasteiger partial charge in [-0.1, -0.05) is 44.5 Å². The van der Waals surface area contributed by atoms with Crippen LogP contribution in [-0.4, -0.2) is 13.1 Å². The highest BCUT2D eigenvalue weighted by Crippen LogP contribution is 2.37. The first-order valence-electron chi connectivity index (χ1n) is 7.30. The zero-order valence-corrected chi connectivity index (χ0v) is 12.3. The highest BCUT2D eigenvalue weighted by atomic mass is 14.9. The third kappa shape index (κ3) is 2.95. The van der Waals surface area contributed by atoms with Crippen LogP contribution in [0.2, 0.25) is 0 Å².